The summed E-state index contributed by atoms with van der Waals surface area (Å²) in [6.45, 7) is 0.438. The van der Waals surface area contributed by atoms with Gasteiger partial charge in [0.05, 0.1) is 11.6 Å². The first-order valence-corrected chi connectivity index (χ1v) is 9.93. The summed E-state index contributed by atoms with van der Waals surface area (Å²) in [7, 11) is 0. The minimum absolute atomic E-state index is 0.101. The molecular weight excluding hydrogens is 444 g/mol. The van der Waals surface area contributed by atoms with Gasteiger partial charge in [0.15, 0.2) is 18.2 Å². The van der Waals surface area contributed by atoms with E-state index in [-0.39, 0.29) is 12.4 Å². The summed E-state index contributed by atoms with van der Waals surface area (Å²) < 4.78 is 21.8. The lowest BCUT2D eigenvalue weighted by atomic mass is 10.2. The molecule has 158 valence electrons. The number of hydrogen-bond donors (Lipinski definition) is 1. The second kappa shape index (κ2) is 9.20. The highest BCUT2D eigenvalue weighted by molar-refractivity contribution is 6.32. The van der Waals surface area contributed by atoms with E-state index in [9.17, 15) is 9.18 Å². The van der Waals surface area contributed by atoms with Gasteiger partial charge in [0, 0.05) is 23.5 Å². The molecule has 2 heterocycles. The summed E-state index contributed by atoms with van der Waals surface area (Å²) >= 11 is 12.1. The number of ether oxygens (including phenoxy) is 1. The first-order chi connectivity index (χ1) is 15.0. The van der Waals surface area contributed by atoms with Crippen LogP contribution in [-0.2, 0) is 13.3 Å². The molecule has 0 radical (unpaired) electrons. The molecule has 0 spiro atoms. The zero-order valence-electron chi connectivity index (χ0n) is 16.0. The Bertz CT molecular complexity index is 1220. The van der Waals surface area contributed by atoms with E-state index in [2.05, 4.69) is 15.5 Å². The normalized spacial score (nSPS) is 10.8. The Balaban J connectivity index is 1.35. The predicted octanol–water partition coefficient (Wildman–Crippen LogP) is 4.86. The molecule has 31 heavy (non-hydrogen) atoms. The number of rotatable bonds is 7. The fourth-order valence-electron chi connectivity index (χ4n) is 2.77. The number of para-hydroxylation sites is 1. The van der Waals surface area contributed by atoms with E-state index in [1.165, 1.54) is 16.8 Å². The number of nitrogens with zero attached hydrogens (tertiary/aromatic N) is 4. The van der Waals surface area contributed by atoms with Crippen molar-refractivity contribution in [3.05, 3.63) is 94.1 Å². The highest BCUT2D eigenvalue weighted by atomic mass is 35.5. The number of halogens is 3. The zero-order valence-corrected chi connectivity index (χ0v) is 17.5. The van der Waals surface area contributed by atoms with Crippen LogP contribution in [0.3, 0.4) is 0 Å². The van der Waals surface area contributed by atoms with E-state index >= 15 is 0 Å². The maximum atomic E-state index is 13.2. The van der Waals surface area contributed by atoms with Crippen LogP contribution in [0.25, 0.3) is 0 Å². The Morgan fingerprint density at radius 1 is 1.00 bits per heavy atom. The Morgan fingerprint density at radius 2 is 1.81 bits per heavy atom. The van der Waals surface area contributed by atoms with Crippen molar-refractivity contribution in [2.75, 3.05) is 5.32 Å². The van der Waals surface area contributed by atoms with Gasteiger partial charge in [-0.05, 0) is 35.9 Å². The maximum absolute atomic E-state index is 13.2. The second-order valence-corrected chi connectivity index (χ2v) is 7.35. The number of benzene rings is 2. The Kier molecular flexibility index (Phi) is 6.20. The first-order valence-electron chi connectivity index (χ1n) is 9.17. The number of anilines is 1. The molecule has 0 atom stereocenters. The quantitative estimate of drug-likeness (QED) is 0.428. The molecule has 0 bridgehead atoms. The van der Waals surface area contributed by atoms with E-state index in [0.29, 0.717) is 33.7 Å². The van der Waals surface area contributed by atoms with Gasteiger partial charge in [0.25, 0.3) is 5.91 Å². The van der Waals surface area contributed by atoms with Gasteiger partial charge in [0.1, 0.15) is 11.6 Å². The van der Waals surface area contributed by atoms with Crippen LogP contribution >= 0.6 is 23.2 Å². The minimum Gasteiger partial charge on any atom is -0.470 e. The topological polar surface area (TPSA) is 74.0 Å². The number of nitrogens with one attached hydrogen (secondary N) is 1. The number of aromatic nitrogens is 4. The number of carbonyl (C=O) groups is 1. The van der Waals surface area contributed by atoms with E-state index in [0.717, 1.165) is 0 Å². The van der Waals surface area contributed by atoms with Gasteiger partial charge in [0.2, 0.25) is 0 Å². The van der Waals surface area contributed by atoms with Gasteiger partial charge in [-0.1, -0.05) is 41.4 Å². The number of hydrogen-bond acceptors (Lipinski definition) is 4. The van der Waals surface area contributed by atoms with Crippen LogP contribution in [0.1, 0.15) is 16.1 Å². The van der Waals surface area contributed by atoms with Crippen LogP contribution in [0.4, 0.5) is 10.2 Å². The fourth-order valence-corrected chi connectivity index (χ4v) is 3.19. The van der Waals surface area contributed by atoms with Crippen LogP contribution in [0.2, 0.25) is 10.0 Å². The van der Waals surface area contributed by atoms with E-state index in [1.54, 1.807) is 53.5 Å². The van der Waals surface area contributed by atoms with Crippen molar-refractivity contribution in [1.82, 2.24) is 19.6 Å². The van der Waals surface area contributed by atoms with Crippen molar-refractivity contribution in [3.8, 4) is 5.75 Å². The predicted molar refractivity (Wildman–Crippen MR) is 115 cm³/mol. The van der Waals surface area contributed by atoms with Gasteiger partial charge >= 0.3 is 0 Å². The van der Waals surface area contributed by atoms with Crippen LogP contribution in [0.15, 0.2) is 67.0 Å². The third kappa shape index (κ3) is 5.22. The van der Waals surface area contributed by atoms with Crippen molar-refractivity contribution in [2.24, 2.45) is 0 Å². The average Bonchev–Trinajstić information content (AvgIpc) is 3.39. The SMILES string of the molecule is O=C(Nc1ccn(Cc2ccc(F)cc2Cl)n1)c1ccn(COc2ccccc2Cl)n1. The summed E-state index contributed by atoms with van der Waals surface area (Å²) in [5.41, 5.74) is 0.917. The Hall–Kier alpha value is -3.36. The van der Waals surface area contributed by atoms with Crippen molar-refractivity contribution in [3.63, 3.8) is 0 Å². The third-order valence-electron chi connectivity index (χ3n) is 4.29. The zero-order chi connectivity index (χ0) is 21.8. The molecule has 7 nitrogen and oxygen atoms in total. The lowest BCUT2D eigenvalue weighted by molar-refractivity contribution is 0.101. The molecule has 0 saturated heterocycles. The summed E-state index contributed by atoms with van der Waals surface area (Å²) in [6, 6.07) is 14.5. The summed E-state index contributed by atoms with van der Waals surface area (Å²) in [5.74, 6) is 0.0583. The molecule has 0 aliphatic carbocycles. The minimum atomic E-state index is -0.415. The molecule has 1 amide bonds. The standard InChI is InChI=1S/C21H16Cl2FN5O2/c22-16-3-1-2-4-19(16)31-13-29-9-7-18(26-29)21(30)25-20-8-10-28(27-20)12-14-5-6-15(24)11-17(14)23/h1-11H,12-13H2,(H,25,27,30). The fraction of sp³-hybridized carbons (Fsp3) is 0.0952. The monoisotopic (exact) mass is 459 g/mol. The molecule has 4 aromatic rings. The molecule has 0 aliphatic rings. The molecule has 0 saturated carbocycles. The lowest BCUT2D eigenvalue weighted by Gasteiger charge is -2.07. The first kappa shape index (κ1) is 20.9. The van der Waals surface area contributed by atoms with E-state index in [4.69, 9.17) is 27.9 Å². The molecule has 0 unspecified atom stereocenters. The van der Waals surface area contributed by atoms with Gasteiger partial charge in [-0.2, -0.15) is 10.2 Å². The summed E-state index contributed by atoms with van der Waals surface area (Å²) in [4.78, 5) is 12.5. The van der Waals surface area contributed by atoms with Gasteiger partial charge < -0.3 is 10.1 Å². The third-order valence-corrected chi connectivity index (χ3v) is 4.96. The summed E-state index contributed by atoms with van der Waals surface area (Å²) in [6.07, 6.45) is 3.31. The molecule has 0 fully saturated rings. The average molecular weight is 460 g/mol. The van der Waals surface area contributed by atoms with Crippen LogP contribution in [-0.4, -0.2) is 25.5 Å². The van der Waals surface area contributed by atoms with Crippen molar-refractivity contribution in [2.45, 2.75) is 13.3 Å². The van der Waals surface area contributed by atoms with Gasteiger partial charge in [-0.3, -0.25) is 9.48 Å². The molecule has 2 aromatic carbocycles. The molecule has 10 heteroatoms. The molecule has 1 N–H and O–H groups in total. The van der Waals surface area contributed by atoms with Gasteiger partial charge in [-0.25, -0.2) is 9.07 Å². The van der Waals surface area contributed by atoms with Crippen LogP contribution in [0, 0.1) is 5.82 Å². The summed E-state index contributed by atoms with van der Waals surface area (Å²) in [5, 5.41) is 12.0. The van der Waals surface area contributed by atoms with Crippen molar-refractivity contribution < 1.29 is 13.9 Å². The smallest absolute Gasteiger partial charge is 0.277 e. The van der Waals surface area contributed by atoms with E-state index < -0.39 is 11.7 Å². The van der Waals surface area contributed by atoms with Crippen LogP contribution < -0.4 is 10.1 Å². The second-order valence-electron chi connectivity index (χ2n) is 6.53. The number of carbonyl (C=O) groups excluding carboxylic acids is 1. The highest BCUT2D eigenvalue weighted by Gasteiger charge is 2.12. The molecule has 0 aliphatic heterocycles. The van der Waals surface area contributed by atoms with Crippen molar-refractivity contribution >= 4 is 34.9 Å². The highest BCUT2D eigenvalue weighted by Crippen LogP contribution is 2.23. The Morgan fingerprint density at radius 3 is 2.61 bits per heavy atom. The lowest BCUT2D eigenvalue weighted by Crippen LogP contribution is -2.15. The van der Waals surface area contributed by atoms with Gasteiger partial charge in [-0.15, -0.1) is 0 Å². The maximum Gasteiger partial charge on any atom is 0.277 e. The largest absolute Gasteiger partial charge is 0.470 e. The number of amides is 1. The van der Waals surface area contributed by atoms with Crippen molar-refractivity contribution in [1.29, 1.82) is 0 Å². The molecular formula is C21H16Cl2FN5O2. The van der Waals surface area contributed by atoms with Crippen LogP contribution in [0.5, 0.6) is 5.75 Å². The Labute approximate surface area is 187 Å². The molecule has 2 aromatic heterocycles. The van der Waals surface area contributed by atoms with E-state index in [1.807, 2.05) is 6.07 Å². The molecule has 4 rings (SSSR count).